The molecule has 0 bridgehead atoms. The zero-order chi connectivity index (χ0) is 14.9. The number of ether oxygens (including phenoxy) is 1. The van der Waals surface area contributed by atoms with E-state index in [0.29, 0.717) is 31.4 Å². The molecule has 0 spiro atoms. The van der Waals surface area contributed by atoms with Gasteiger partial charge < -0.3 is 9.72 Å². The molecule has 1 aromatic heterocycles. The monoisotopic (exact) mass is 375 g/mol. The Balaban J connectivity index is 2.86. The smallest absolute Gasteiger partial charge is 0.202 e. The van der Waals surface area contributed by atoms with Crippen LogP contribution in [0.15, 0.2) is 26.4 Å². The predicted octanol–water partition coefficient (Wildman–Crippen LogP) is 3.84. The van der Waals surface area contributed by atoms with Gasteiger partial charge in [-0.1, -0.05) is 23.4 Å². The number of carbonyl (C=O) groups is 1. The summed E-state index contributed by atoms with van der Waals surface area (Å²) in [5.74, 6) is 0.0303. The molecular formula is C13H11BrClNO3S. The van der Waals surface area contributed by atoms with Crippen LogP contribution in [0.5, 0.6) is 0 Å². The number of thioether (sulfide) groups is 1. The number of aromatic amines is 1. The number of halogens is 2. The maximum absolute atomic E-state index is 12.5. The lowest BCUT2D eigenvalue weighted by molar-refractivity contribution is 0.101. The molecule has 0 unspecified atom stereocenters. The number of aromatic nitrogens is 1. The number of benzene rings is 1. The van der Waals surface area contributed by atoms with Crippen LogP contribution in [0.25, 0.3) is 10.9 Å². The molecular weight excluding hydrogens is 366 g/mol. The Morgan fingerprint density at radius 1 is 1.50 bits per heavy atom. The molecule has 0 atom stereocenters. The fourth-order valence-corrected chi connectivity index (χ4v) is 3.31. The molecule has 1 N–H and O–H groups in total. The Morgan fingerprint density at radius 2 is 2.20 bits per heavy atom. The third-order valence-corrected chi connectivity index (χ3v) is 4.62. The largest absolute Gasteiger partial charge is 0.374 e. The Kier molecular flexibility index (Phi) is 4.90. The van der Waals surface area contributed by atoms with Gasteiger partial charge in [-0.05, 0) is 35.0 Å². The summed E-state index contributed by atoms with van der Waals surface area (Å²) < 4.78 is 5.69. The van der Waals surface area contributed by atoms with Crippen LogP contribution in [0.3, 0.4) is 0 Å². The fraction of sp³-hybridized carbons (Fsp3) is 0.231. The van der Waals surface area contributed by atoms with Crippen molar-refractivity contribution in [1.29, 1.82) is 0 Å². The predicted molar refractivity (Wildman–Crippen MR) is 85.0 cm³/mol. The minimum atomic E-state index is -0.365. The van der Waals surface area contributed by atoms with Gasteiger partial charge >= 0.3 is 0 Å². The van der Waals surface area contributed by atoms with Gasteiger partial charge in [0.05, 0.1) is 32.5 Å². The van der Waals surface area contributed by atoms with Gasteiger partial charge in [0.15, 0.2) is 5.78 Å². The van der Waals surface area contributed by atoms with Gasteiger partial charge in [-0.15, -0.1) is 0 Å². The summed E-state index contributed by atoms with van der Waals surface area (Å²) in [6.45, 7) is 1.36. The Morgan fingerprint density at radius 3 is 2.80 bits per heavy atom. The summed E-state index contributed by atoms with van der Waals surface area (Å²) in [6, 6.07) is 3.37. The van der Waals surface area contributed by atoms with E-state index in [1.165, 1.54) is 18.7 Å². The minimum absolute atomic E-state index is 0.111. The molecule has 0 aliphatic rings. The van der Waals surface area contributed by atoms with Crippen LogP contribution in [0, 0.1) is 0 Å². The van der Waals surface area contributed by atoms with E-state index in [9.17, 15) is 9.59 Å². The van der Waals surface area contributed by atoms with Crippen molar-refractivity contribution in [3.05, 3.63) is 37.4 Å². The highest BCUT2D eigenvalue weighted by molar-refractivity contribution is 9.10. The number of pyridine rings is 1. The van der Waals surface area contributed by atoms with Crippen molar-refractivity contribution < 1.29 is 9.53 Å². The highest BCUT2D eigenvalue weighted by Gasteiger charge is 2.19. The van der Waals surface area contributed by atoms with Crippen LogP contribution >= 0.6 is 39.3 Å². The normalized spacial score (nSPS) is 11.0. The van der Waals surface area contributed by atoms with E-state index in [1.807, 2.05) is 0 Å². The third kappa shape index (κ3) is 2.79. The molecule has 0 saturated heterocycles. The number of carbonyl (C=O) groups excluding carboxylic acids is 1. The highest BCUT2D eigenvalue weighted by Crippen LogP contribution is 2.30. The molecule has 1 aromatic carbocycles. The molecule has 7 heteroatoms. The summed E-state index contributed by atoms with van der Waals surface area (Å²) in [5.41, 5.74) is 0.321. The van der Waals surface area contributed by atoms with E-state index in [2.05, 4.69) is 20.9 Å². The number of ketones is 1. The van der Waals surface area contributed by atoms with Crippen molar-refractivity contribution in [2.24, 2.45) is 0 Å². The van der Waals surface area contributed by atoms with Gasteiger partial charge in [-0.2, -0.15) is 0 Å². The summed E-state index contributed by atoms with van der Waals surface area (Å²) in [6.07, 6.45) is 0. The Labute approximate surface area is 133 Å². The van der Waals surface area contributed by atoms with E-state index in [1.54, 1.807) is 19.2 Å². The van der Waals surface area contributed by atoms with Crippen LogP contribution in [-0.4, -0.2) is 23.8 Å². The third-order valence-electron chi connectivity index (χ3n) is 2.70. The lowest BCUT2D eigenvalue weighted by atomic mass is 10.1. The minimum Gasteiger partial charge on any atom is -0.374 e. The maximum Gasteiger partial charge on any atom is 0.202 e. The average molecular weight is 377 g/mol. The second kappa shape index (κ2) is 6.30. The number of hydrogen-bond donors (Lipinski definition) is 1. The van der Waals surface area contributed by atoms with Crippen molar-refractivity contribution in [3.8, 4) is 0 Å². The molecule has 0 fully saturated rings. The number of Topliss-reactive ketones (excluding diaryl/α,β-unsaturated/α-hetero) is 1. The molecule has 1 heterocycles. The molecule has 2 rings (SSSR count). The molecule has 2 aromatic rings. The topological polar surface area (TPSA) is 59.2 Å². The van der Waals surface area contributed by atoms with E-state index >= 15 is 0 Å². The molecule has 0 aliphatic heterocycles. The Hall–Kier alpha value is -0.820. The van der Waals surface area contributed by atoms with Gasteiger partial charge in [0.1, 0.15) is 0 Å². The fourth-order valence-electron chi connectivity index (χ4n) is 1.85. The van der Waals surface area contributed by atoms with Crippen LogP contribution in [0.2, 0.25) is 5.02 Å². The highest BCUT2D eigenvalue weighted by atomic mass is 79.9. The first kappa shape index (κ1) is 15.6. The van der Waals surface area contributed by atoms with Crippen LogP contribution in [0.4, 0.5) is 0 Å². The number of rotatable bonds is 4. The zero-order valence-electron chi connectivity index (χ0n) is 10.8. The first-order valence-corrected chi connectivity index (χ1v) is 7.79. The molecule has 0 aliphatic carbocycles. The lowest BCUT2D eigenvalue weighted by Crippen LogP contribution is -2.17. The summed E-state index contributed by atoms with van der Waals surface area (Å²) >= 11 is 10.7. The van der Waals surface area contributed by atoms with Gasteiger partial charge in [0, 0.05) is 11.6 Å². The van der Waals surface area contributed by atoms with E-state index in [4.69, 9.17) is 16.3 Å². The zero-order valence-corrected chi connectivity index (χ0v) is 13.9. The van der Waals surface area contributed by atoms with Crippen molar-refractivity contribution in [2.45, 2.75) is 11.9 Å². The molecule has 4 nitrogen and oxygen atoms in total. The summed E-state index contributed by atoms with van der Waals surface area (Å²) in [5, 5.41) is 1.11. The number of methoxy groups -OCH3 is 1. The van der Waals surface area contributed by atoms with Gasteiger partial charge in [-0.3, -0.25) is 9.59 Å². The standard InChI is InChI=1S/C13H11BrClNO3S/c1-6(17)9-12(18)10-8(15)4-3-7(14)11(10)16-13(9)20-5-19-2/h3-4H,5H2,1-2H3,(H,16,18). The van der Waals surface area contributed by atoms with Crippen molar-refractivity contribution >= 4 is 56.0 Å². The first-order valence-electron chi connectivity index (χ1n) is 5.64. The van der Waals surface area contributed by atoms with E-state index < -0.39 is 0 Å². The first-order chi connectivity index (χ1) is 9.47. The Bertz CT molecular complexity index is 744. The molecule has 0 amide bonds. The van der Waals surface area contributed by atoms with Crippen molar-refractivity contribution in [1.82, 2.24) is 4.98 Å². The number of nitrogens with one attached hydrogen (secondary N) is 1. The number of hydrogen-bond acceptors (Lipinski definition) is 4. The van der Waals surface area contributed by atoms with Gasteiger partial charge in [0.2, 0.25) is 5.43 Å². The van der Waals surface area contributed by atoms with E-state index in [-0.39, 0.29) is 16.8 Å². The SMILES string of the molecule is COCSc1[nH]c2c(Br)ccc(Cl)c2c(=O)c1C(C)=O. The molecule has 106 valence electrons. The van der Waals surface area contributed by atoms with Crippen molar-refractivity contribution in [3.63, 3.8) is 0 Å². The molecule has 0 saturated carbocycles. The van der Waals surface area contributed by atoms with Gasteiger partial charge in [0.25, 0.3) is 0 Å². The van der Waals surface area contributed by atoms with Crippen LogP contribution in [-0.2, 0) is 4.74 Å². The summed E-state index contributed by atoms with van der Waals surface area (Å²) in [7, 11) is 1.55. The number of fused-ring (bicyclic) bond motifs is 1. The van der Waals surface area contributed by atoms with Crippen molar-refractivity contribution in [2.75, 3.05) is 13.0 Å². The van der Waals surface area contributed by atoms with Crippen LogP contribution < -0.4 is 5.43 Å². The summed E-state index contributed by atoms with van der Waals surface area (Å²) in [4.78, 5) is 27.4. The average Bonchev–Trinajstić information content (AvgIpc) is 2.39. The molecule has 0 radical (unpaired) electrons. The van der Waals surface area contributed by atoms with E-state index in [0.717, 1.165) is 0 Å². The quantitative estimate of drug-likeness (QED) is 0.500. The maximum atomic E-state index is 12.5. The second-order valence-electron chi connectivity index (χ2n) is 4.04. The van der Waals surface area contributed by atoms with Crippen LogP contribution in [0.1, 0.15) is 17.3 Å². The second-order valence-corrected chi connectivity index (χ2v) is 6.24. The number of H-pyrrole nitrogens is 1. The molecule has 20 heavy (non-hydrogen) atoms. The van der Waals surface area contributed by atoms with Gasteiger partial charge in [-0.25, -0.2) is 0 Å². The lowest BCUT2D eigenvalue weighted by Gasteiger charge is -2.10.